The Labute approximate surface area is 179 Å². The number of benzene rings is 3. The fraction of sp³-hybridized carbons (Fsp3) is 0.130. The lowest BCUT2D eigenvalue weighted by Gasteiger charge is -2.12. The van der Waals surface area contributed by atoms with Crippen LogP contribution in [0.5, 0.6) is 11.5 Å². The van der Waals surface area contributed by atoms with E-state index in [4.69, 9.17) is 5.73 Å². The Morgan fingerprint density at radius 1 is 0.871 bits per heavy atom. The number of phenols is 2. The van der Waals surface area contributed by atoms with Gasteiger partial charge in [0.1, 0.15) is 17.3 Å². The maximum atomic E-state index is 12.8. The molecule has 1 atom stereocenters. The summed E-state index contributed by atoms with van der Waals surface area (Å²) in [6.07, 6.45) is 0. The number of azo groups is 1. The summed E-state index contributed by atoms with van der Waals surface area (Å²) in [5.74, 6) is -0.160. The van der Waals surface area contributed by atoms with E-state index in [1.807, 2.05) is 30.3 Å². The van der Waals surface area contributed by atoms with Gasteiger partial charge in [0, 0.05) is 6.54 Å². The first kappa shape index (κ1) is 21.5. The molecule has 0 saturated heterocycles. The SMILES string of the molecule is NC(=NCc1ccc(O)cc1)C(N=Nc1ccc(O)cc1)C(=O)NCc1ccccc1. The van der Waals surface area contributed by atoms with Gasteiger partial charge >= 0.3 is 0 Å². The molecule has 0 saturated carbocycles. The van der Waals surface area contributed by atoms with Crippen molar-refractivity contribution in [3.05, 3.63) is 90.0 Å². The molecular weight excluding hydrogens is 394 g/mol. The average molecular weight is 417 g/mol. The Balaban J connectivity index is 1.76. The molecule has 158 valence electrons. The maximum Gasteiger partial charge on any atom is 0.254 e. The molecular formula is C23H23N5O3. The van der Waals surface area contributed by atoms with Gasteiger partial charge in [0.15, 0.2) is 0 Å². The minimum Gasteiger partial charge on any atom is -0.508 e. The Kier molecular flexibility index (Phi) is 7.31. The van der Waals surface area contributed by atoms with E-state index in [0.717, 1.165) is 11.1 Å². The molecule has 8 heteroatoms. The predicted octanol–water partition coefficient (Wildman–Crippen LogP) is 3.42. The number of nitrogens with two attached hydrogens (primary N) is 1. The van der Waals surface area contributed by atoms with Crippen LogP contribution in [0.15, 0.2) is 94.1 Å². The van der Waals surface area contributed by atoms with Crippen LogP contribution in [-0.4, -0.2) is 28.0 Å². The van der Waals surface area contributed by atoms with Gasteiger partial charge in [0.2, 0.25) is 6.04 Å². The number of carbonyl (C=O) groups excluding carboxylic acids is 1. The van der Waals surface area contributed by atoms with Gasteiger partial charge in [-0.25, -0.2) is 0 Å². The molecule has 0 radical (unpaired) electrons. The summed E-state index contributed by atoms with van der Waals surface area (Å²) in [7, 11) is 0. The fourth-order valence-electron chi connectivity index (χ4n) is 2.64. The number of amides is 1. The molecule has 0 bridgehead atoms. The van der Waals surface area contributed by atoms with E-state index in [2.05, 4.69) is 20.5 Å². The van der Waals surface area contributed by atoms with Gasteiger partial charge in [0.25, 0.3) is 5.91 Å². The number of carbonyl (C=O) groups is 1. The first-order valence-corrected chi connectivity index (χ1v) is 9.60. The van der Waals surface area contributed by atoms with Crippen molar-refractivity contribution >= 4 is 17.4 Å². The number of aromatic hydroxyl groups is 2. The van der Waals surface area contributed by atoms with Gasteiger partial charge in [-0.3, -0.25) is 9.79 Å². The zero-order chi connectivity index (χ0) is 22.1. The number of hydrogen-bond donors (Lipinski definition) is 4. The van der Waals surface area contributed by atoms with Crippen molar-refractivity contribution in [1.82, 2.24) is 5.32 Å². The third-order valence-corrected chi connectivity index (χ3v) is 4.36. The van der Waals surface area contributed by atoms with E-state index in [-0.39, 0.29) is 23.9 Å². The number of aliphatic imine (C=N–C) groups is 1. The highest BCUT2D eigenvalue weighted by Gasteiger charge is 2.22. The molecule has 1 unspecified atom stereocenters. The molecule has 1 amide bonds. The number of nitrogens with one attached hydrogen (secondary N) is 1. The van der Waals surface area contributed by atoms with Crippen molar-refractivity contribution in [2.75, 3.05) is 0 Å². The van der Waals surface area contributed by atoms with Crippen LogP contribution in [0.25, 0.3) is 0 Å². The van der Waals surface area contributed by atoms with Gasteiger partial charge in [0.05, 0.1) is 12.2 Å². The summed E-state index contributed by atoms with van der Waals surface area (Å²) in [5.41, 5.74) is 8.32. The molecule has 3 aromatic rings. The number of hydrogen-bond acceptors (Lipinski definition) is 6. The molecule has 0 spiro atoms. The van der Waals surface area contributed by atoms with Gasteiger partial charge in [-0.2, -0.15) is 10.2 Å². The minimum absolute atomic E-state index is 0.0150. The van der Waals surface area contributed by atoms with Gasteiger partial charge in [-0.15, -0.1) is 0 Å². The van der Waals surface area contributed by atoms with Crippen molar-refractivity contribution in [1.29, 1.82) is 0 Å². The van der Waals surface area contributed by atoms with Crippen LogP contribution >= 0.6 is 0 Å². The summed E-state index contributed by atoms with van der Waals surface area (Å²) < 4.78 is 0. The normalized spacial score (nSPS) is 12.6. The van der Waals surface area contributed by atoms with Crippen molar-refractivity contribution in [2.24, 2.45) is 21.0 Å². The zero-order valence-corrected chi connectivity index (χ0v) is 16.7. The molecule has 0 aliphatic heterocycles. The van der Waals surface area contributed by atoms with Gasteiger partial charge in [-0.1, -0.05) is 42.5 Å². The quantitative estimate of drug-likeness (QED) is 0.254. The fourth-order valence-corrected chi connectivity index (χ4v) is 2.64. The third-order valence-electron chi connectivity index (χ3n) is 4.36. The maximum absolute atomic E-state index is 12.8. The van der Waals surface area contributed by atoms with E-state index in [9.17, 15) is 15.0 Å². The van der Waals surface area contributed by atoms with E-state index < -0.39 is 11.9 Å². The summed E-state index contributed by atoms with van der Waals surface area (Å²) in [5, 5.41) is 29.8. The lowest BCUT2D eigenvalue weighted by atomic mass is 10.2. The van der Waals surface area contributed by atoms with Crippen LogP contribution in [0, 0.1) is 0 Å². The molecule has 5 N–H and O–H groups in total. The first-order valence-electron chi connectivity index (χ1n) is 9.60. The number of rotatable bonds is 8. The molecule has 0 heterocycles. The average Bonchev–Trinajstić information content (AvgIpc) is 2.79. The lowest BCUT2D eigenvalue weighted by Crippen LogP contribution is -2.42. The summed E-state index contributed by atoms with van der Waals surface area (Å²) in [6, 6.07) is 21.0. The monoisotopic (exact) mass is 417 g/mol. The van der Waals surface area contributed by atoms with E-state index in [0.29, 0.717) is 12.2 Å². The second kappa shape index (κ2) is 10.5. The molecule has 0 aliphatic rings. The van der Waals surface area contributed by atoms with E-state index in [1.165, 1.54) is 12.1 Å². The highest BCUT2D eigenvalue weighted by atomic mass is 16.3. The standard InChI is InChI=1S/C23H23N5O3/c24-22(25-14-17-6-10-19(29)11-7-17)21(28-27-18-8-12-20(30)13-9-18)23(31)26-15-16-4-2-1-3-5-16/h1-13,21,29-30H,14-15H2,(H2,24,25)(H,26,31). The second-order valence-electron chi connectivity index (χ2n) is 6.75. The van der Waals surface area contributed by atoms with Crippen molar-refractivity contribution < 1.29 is 15.0 Å². The van der Waals surface area contributed by atoms with Crippen LogP contribution in [0.2, 0.25) is 0 Å². The highest BCUT2D eigenvalue weighted by molar-refractivity contribution is 6.06. The topological polar surface area (TPSA) is 133 Å². The summed E-state index contributed by atoms with van der Waals surface area (Å²) in [4.78, 5) is 17.1. The van der Waals surface area contributed by atoms with Crippen molar-refractivity contribution in [2.45, 2.75) is 19.1 Å². The number of amidine groups is 1. The molecule has 3 rings (SSSR count). The van der Waals surface area contributed by atoms with Crippen molar-refractivity contribution in [3.63, 3.8) is 0 Å². The molecule has 0 aliphatic carbocycles. The molecule has 31 heavy (non-hydrogen) atoms. The molecule has 3 aromatic carbocycles. The smallest absolute Gasteiger partial charge is 0.254 e. The van der Waals surface area contributed by atoms with Crippen LogP contribution in [-0.2, 0) is 17.9 Å². The van der Waals surface area contributed by atoms with Crippen LogP contribution in [0.1, 0.15) is 11.1 Å². The van der Waals surface area contributed by atoms with E-state index in [1.54, 1.807) is 36.4 Å². The van der Waals surface area contributed by atoms with Crippen LogP contribution in [0.4, 0.5) is 5.69 Å². The number of phenolic OH excluding ortho intramolecular Hbond substituents is 2. The predicted molar refractivity (Wildman–Crippen MR) is 118 cm³/mol. The lowest BCUT2D eigenvalue weighted by molar-refractivity contribution is -0.121. The van der Waals surface area contributed by atoms with Gasteiger partial charge in [-0.05, 0) is 47.5 Å². The summed E-state index contributed by atoms with van der Waals surface area (Å²) >= 11 is 0. The Morgan fingerprint density at radius 2 is 1.48 bits per heavy atom. The van der Waals surface area contributed by atoms with Gasteiger partial charge < -0.3 is 21.3 Å². The second-order valence-corrected chi connectivity index (χ2v) is 6.75. The Hall–Kier alpha value is -4.20. The van der Waals surface area contributed by atoms with Crippen LogP contribution in [0.3, 0.4) is 0 Å². The largest absolute Gasteiger partial charge is 0.508 e. The third kappa shape index (κ3) is 6.67. The highest BCUT2D eigenvalue weighted by Crippen LogP contribution is 2.17. The molecule has 0 fully saturated rings. The Morgan fingerprint density at radius 3 is 2.13 bits per heavy atom. The molecule has 8 nitrogen and oxygen atoms in total. The zero-order valence-electron chi connectivity index (χ0n) is 16.7. The molecule has 0 aromatic heterocycles. The number of nitrogens with zero attached hydrogens (tertiary/aromatic N) is 3. The summed E-state index contributed by atoms with van der Waals surface area (Å²) in [6.45, 7) is 0.541. The Bertz CT molecular complexity index is 1050. The minimum atomic E-state index is -1.12. The van der Waals surface area contributed by atoms with Crippen LogP contribution < -0.4 is 11.1 Å². The first-order chi connectivity index (χ1) is 15.0. The van der Waals surface area contributed by atoms with E-state index >= 15 is 0 Å². The van der Waals surface area contributed by atoms with Crippen molar-refractivity contribution in [3.8, 4) is 11.5 Å².